The van der Waals surface area contributed by atoms with Crippen molar-refractivity contribution in [2.75, 3.05) is 0 Å². The highest BCUT2D eigenvalue weighted by Gasteiger charge is 2.30. The Morgan fingerprint density at radius 2 is 2.12 bits per heavy atom. The van der Waals surface area contributed by atoms with Crippen molar-refractivity contribution in [2.24, 2.45) is 11.3 Å². The van der Waals surface area contributed by atoms with Crippen LogP contribution in [0.25, 0.3) is 0 Å². The molecular formula is C14H20OS. The number of rotatable bonds is 3. The van der Waals surface area contributed by atoms with Crippen LogP contribution in [0.15, 0.2) is 17.5 Å². The molecule has 88 valence electrons. The van der Waals surface area contributed by atoms with E-state index in [2.05, 4.69) is 19.9 Å². The molecule has 1 saturated carbocycles. The Labute approximate surface area is 102 Å². The minimum atomic E-state index is 0.329. The van der Waals surface area contributed by atoms with Gasteiger partial charge in [0.05, 0.1) is 0 Å². The molecule has 0 radical (unpaired) electrons. The zero-order valence-corrected chi connectivity index (χ0v) is 11.0. The van der Waals surface area contributed by atoms with Gasteiger partial charge in [0.2, 0.25) is 0 Å². The van der Waals surface area contributed by atoms with Crippen molar-refractivity contribution in [3.8, 4) is 0 Å². The second-order valence-corrected chi connectivity index (χ2v) is 6.69. The van der Waals surface area contributed by atoms with Gasteiger partial charge in [-0.2, -0.15) is 0 Å². The molecule has 1 nitrogen and oxygen atoms in total. The molecule has 2 heteroatoms. The Morgan fingerprint density at radius 1 is 1.44 bits per heavy atom. The zero-order chi connectivity index (χ0) is 11.6. The number of thiophene rings is 1. The van der Waals surface area contributed by atoms with Crippen LogP contribution < -0.4 is 0 Å². The molecule has 0 bridgehead atoms. The van der Waals surface area contributed by atoms with Gasteiger partial charge in [0, 0.05) is 17.2 Å². The van der Waals surface area contributed by atoms with Gasteiger partial charge in [-0.15, -0.1) is 11.3 Å². The minimum absolute atomic E-state index is 0.329. The van der Waals surface area contributed by atoms with E-state index in [0.29, 0.717) is 23.5 Å². The van der Waals surface area contributed by atoms with Gasteiger partial charge in [0.25, 0.3) is 0 Å². The van der Waals surface area contributed by atoms with Crippen molar-refractivity contribution >= 4 is 17.1 Å². The van der Waals surface area contributed by atoms with E-state index in [1.165, 1.54) is 17.7 Å². The third kappa shape index (κ3) is 2.94. The molecular weight excluding hydrogens is 216 g/mol. The standard InChI is InChI=1S/C14H20OS/c1-14(2)7-5-11(6-8-14)13(15)10-12-4-3-9-16-12/h3-4,9,11H,5-8,10H2,1-2H3. The Bertz CT molecular complexity index is 341. The van der Waals surface area contributed by atoms with Crippen LogP contribution in [-0.2, 0) is 11.2 Å². The molecule has 0 aliphatic heterocycles. The molecule has 0 unspecified atom stereocenters. The largest absolute Gasteiger partial charge is 0.299 e. The van der Waals surface area contributed by atoms with E-state index in [1.54, 1.807) is 11.3 Å². The summed E-state index contributed by atoms with van der Waals surface area (Å²) in [7, 11) is 0. The maximum Gasteiger partial charge on any atom is 0.141 e. The van der Waals surface area contributed by atoms with Crippen LogP contribution in [0.4, 0.5) is 0 Å². The maximum absolute atomic E-state index is 12.1. The summed E-state index contributed by atoms with van der Waals surface area (Å²) >= 11 is 1.69. The molecule has 2 rings (SSSR count). The molecule has 1 fully saturated rings. The first-order chi connectivity index (χ1) is 7.57. The number of hydrogen-bond acceptors (Lipinski definition) is 2. The maximum atomic E-state index is 12.1. The number of carbonyl (C=O) groups excluding carboxylic acids is 1. The van der Waals surface area contributed by atoms with Gasteiger partial charge in [-0.25, -0.2) is 0 Å². The van der Waals surface area contributed by atoms with Crippen LogP contribution in [0.1, 0.15) is 44.4 Å². The predicted octanol–water partition coefficient (Wildman–Crippen LogP) is 4.08. The van der Waals surface area contributed by atoms with Crippen LogP contribution in [0.2, 0.25) is 0 Å². The second-order valence-electron chi connectivity index (χ2n) is 5.66. The lowest BCUT2D eigenvalue weighted by Gasteiger charge is -2.33. The molecule has 0 spiro atoms. The van der Waals surface area contributed by atoms with E-state index in [-0.39, 0.29) is 0 Å². The molecule has 1 aliphatic carbocycles. The summed E-state index contributed by atoms with van der Waals surface area (Å²) in [4.78, 5) is 13.3. The molecule has 1 aliphatic rings. The molecule has 1 heterocycles. The van der Waals surface area contributed by atoms with E-state index in [9.17, 15) is 4.79 Å². The first-order valence-corrected chi connectivity index (χ1v) is 7.00. The van der Waals surface area contributed by atoms with E-state index in [1.807, 2.05) is 11.4 Å². The summed E-state index contributed by atoms with van der Waals surface area (Å²) in [5.74, 6) is 0.785. The number of hydrogen-bond donors (Lipinski definition) is 0. The molecule has 1 aromatic rings. The van der Waals surface area contributed by atoms with E-state index in [4.69, 9.17) is 0 Å². The summed E-state index contributed by atoms with van der Waals surface area (Å²) in [6.45, 7) is 4.62. The van der Waals surface area contributed by atoms with Crippen molar-refractivity contribution in [1.82, 2.24) is 0 Å². The average Bonchev–Trinajstić information content (AvgIpc) is 2.70. The zero-order valence-electron chi connectivity index (χ0n) is 10.2. The summed E-state index contributed by atoms with van der Waals surface area (Å²) in [5, 5.41) is 2.05. The highest BCUT2D eigenvalue weighted by atomic mass is 32.1. The number of ketones is 1. The first-order valence-electron chi connectivity index (χ1n) is 6.12. The van der Waals surface area contributed by atoms with Crippen LogP contribution in [0, 0.1) is 11.3 Å². The topological polar surface area (TPSA) is 17.1 Å². The van der Waals surface area contributed by atoms with Gasteiger partial charge in [0.15, 0.2) is 0 Å². The van der Waals surface area contributed by atoms with Crippen molar-refractivity contribution in [1.29, 1.82) is 0 Å². The van der Waals surface area contributed by atoms with E-state index < -0.39 is 0 Å². The van der Waals surface area contributed by atoms with Crippen LogP contribution in [-0.4, -0.2) is 5.78 Å². The SMILES string of the molecule is CC1(C)CCC(C(=O)Cc2cccs2)CC1. The van der Waals surface area contributed by atoms with Gasteiger partial charge >= 0.3 is 0 Å². The lowest BCUT2D eigenvalue weighted by atomic mass is 9.71. The van der Waals surface area contributed by atoms with Crippen LogP contribution in [0.3, 0.4) is 0 Å². The Balaban J connectivity index is 1.87. The summed E-state index contributed by atoms with van der Waals surface area (Å²) in [5.41, 5.74) is 0.458. The summed E-state index contributed by atoms with van der Waals surface area (Å²) in [6.07, 6.45) is 5.25. The summed E-state index contributed by atoms with van der Waals surface area (Å²) in [6, 6.07) is 4.09. The Morgan fingerprint density at radius 3 is 2.69 bits per heavy atom. The van der Waals surface area contributed by atoms with Gasteiger partial charge in [-0.3, -0.25) is 4.79 Å². The molecule has 0 N–H and O–H groups in total. The fraction of sp³-hybridized carbons (Fsp3) is 0.643. The third-order valence-electron chi connectivity index (χ3n) is 3.72. The predicted molar refractivity (Wildman–Crippen MR) is 68.8 cm³/mol. The van der Waals surface area contributed by atoms with Crippen molar-refractivity contribution in [3.63, 3.8) is 0 Å². The first kappa shape index (κ1) is 11.8. The highest BCUT2D eigenvalue weighted by Crippen LogP contribution is 2.38. The Hall–Kier alpha value is -0.630. The van der Waals surface area contributed by atoms with Gasteiger partial charge in [-0.1, -0.05) is 19.9 Å². The van der Waals surface area contributed by atoms with Crippen LogP contribution in [0.5, 0.6) is 0 Å². The van der Waals surface area contributed by atoms with Gasteiger partial charge in [-0.05, 0) is 42.5 Å². The average molecular weight is 236 g/mol. The van der Waals surface area contributed by atoms with Crippen molar-refractivity contribution < 1.29 is 4.79 Å². The third-order valence-corrected chi connectivity index (χ3v) is 4.60. The van der Waals surface area contributed by atoms with Crippen molar-refractivity contribution in [3.05, 3.63) is 22.4 Å². The smallest absolute Gasteiger partial charge is 0.141 e. The monoisotopic (exact) mass is 236 g/mol. The molecule has 16 heavy (non-hydrogen) atoms. The molecule has 0 amide bonds. The van der Waals surface area contributed by atoms with Gasteiger partial charge in [0.1, 0.15) is 5.78 Å². The van der Waals surface area contributed by atoms with Gasteiger partial charge < -0.3 is 0 Å². The van der Waals surface area contributed by atoms with E-state index >= 15 is 0 Å². The lowest BCUT2D eigenvalue weighted by Crippen LogP contribution is -2.26. The second kappa shape index (κ2) is 4.70. The minimum Gasteiger partial charge on any atom is -0.299 e. The fourth-order valence-electron chi connectivity index (χ4n) is 2.45. The molecule has 0 aromatic carbocycles. The molecule has 1 aromatic heterocycles. The lowest BCUT2D eigenvalue weighted by molar-refractivity contribution is -0.123. The number of Topliss-reactive ketones (excluding diaryl/α,β-unsaturated/α-hetero) is 1. The van der Waals surface area contributed by atoms with Crippen molar-refractivity contribution in [2.45, 2.75) is 46.0 Å². The van der Waals surface area contributed by atoms with E-state index in [0.717, 1.165) is 12.8 Å². The normalized spacial score (nSPS) is 20.9. The highest BCUT2D eigenvalue weighted by molar-refractivity contribution is 7.10. The quantitative estimate of drug-likeness (QED) is 0.773. The van der Waals surface area contributed by atoms with Crippen LogP contribution >= 0.6 is 11.3 Å². The molecule has 0 atom stereocenters. The summed E-state index contributed by atoms with van der Waals surface area (Å²) < 4.78 is 0. The fourth-order valence-corrected chi connectivity index (χ4v) is 3.17. The number of carbonyl (C=O) groups is 1. The Kier molecular flexibility index (Phi) is 3.48. The molecule has 0 saturated heterocycles.